The molecule has 0 N–H and O–H groups in total. The van der Waals surface area contributed by atoms with Crippen molar-refractivity contribution in [2.24, 2.45) is 11.8 Å². The third-order valence-corrected chi connectivity index (χ3v) is 6.58. The van der Waals surface area contributed by atoms with E-state index in [1.807, 2.05) is 13.0 Å². The van der Waals surface area contributed by atoms with Crippen molar-refractivity contribution < 1.29 is 19.1 Å². The van der Waals surface area contributed by atoms with Crippen LogP contribution in [0.4, 0.5) is 0 Å². The van der Waals surface area contributed by atoms with Gasteiger partial charge in [-0.2, -0.15) is 0 Å². The SMILES string of the molecule is Cc1ccc(C(=O)OCCC2CCCCC2)c(C(=O)OCCC2CCCCC2)c1. The smallest absolute Gasteiger partial charge is 0.339 e. The number of ether oxygens (including phenoxy) is 2. The van der Waals surface area contributed by atoms with E-state index in [1.165, 1.54) is 64.2 Å². The highest BCUT2D eigenvalue weighted by Gasteiger charge is 2.21. The number of aryl methyl sites for hydroxylation is 1. The molecular weight excluding hydrogens is 364 g/mol. The van der Waals surface area contributed by atoms with Crippen LogP contribution in [0.3, 0.4) is 0 Å². The molecule has 2 aliphatic carbocycles. The van der Waals surface area contributed by atoms with Gasteiger partial charge in [0.2, 0.25) is 0 Å². The van der Waals surface area contributed by atoms with Crippen molar-refractivity contribution in [2.45, 2.75) is 84.0 Å². The highest BCUT2D eigenvalue weighted by atomic mass is 16.5. The lowest BCUT2D eigenvalue weighted by atomic mass is 9.87. The number of carbonyl (C=O) groups is 2. The van der Waals surface area contributed by atoms with E-state index in [1.54, 1.807) is 12.1 Å². The molecule has 1 aromatic rings. The van der Waals surface area contributed by atoms with Gasteiger partial charge in [-0.05, 0) is 43.7 Å². The van der Waals surface area contributed by atoms with Crippen molar-refractivity contribution in [1.29, 1.82) is 0 Å². The Bertz CT molecular complexity index is 669. The molecule has 29 heavy (non-hydrogen) atoms. The van der Waals surface area contributed by atoms with Crippen molar-refractivity contribution >= 4 is 11.9 Å². The van der Waals surface area contributed by atoms with Crippen molar-refractivity contribution in [3.8, 4) is 0 Å². The summed E-state index contributed by atoms with van der Waals surface area (Å²) in [5.74, 6) is 0.501. The van der Waals surface area contributed by atoms with Gasteiger partial charge in [0.25, 0.3) is 0 Å². The maximum atomic E-state index is 12.7. The molecule has 3 rings (SSSR count). The Morgan fingerprint density at radius 2 is 1.24 bits per heavy atom. The standard InChI is InChI=1S/C25H36O4/c1-19-12-13-22(24(26)28-16-14-20-8-4-2-5-9-20)23(18-19)25(27)29-17-15-21-10-6-3-7-11-21/h12-13,18,20-21H,2-11,14-17H2,1H3. The summed E-state index contributed by atoms with van der Waals surface area (Å²) in [4.78, 5) is 25.3. The fourth-order valence-electron chi connectivity index (χ4n) is 4.75. The zero-order chi connectivity index (χ0) is 20.5. The predicted molar refractivity (Wildman–Crippen MR) is 114 cm³/mol. The molecule has 4 nitrogen and oxygen atoms in total. The topological polar surface area (TPSA) is 52.6 Å². The van der Waals surface area contributed by atoms with Crippen LogP contribution in [0, 0.1) is 18.8 Å². The molecule has 0 spiro atoms. The summed E-state index contributed by atoms with van der Waals surface area (Å²) in [6, 6.07) is 5.27. The van der Waals surface area contributed by atoms with Crippen molar-refractivity contribution in [3.63, 3.8) is 0 Å². The van der Waals surface area contributed by atoms with Crippen LogP contribution in [0.2, 0.25) is 0 Å². The van der Waals surface area contributed by atoms with Gasteiger partial charge in [0.1, 0.15) is 0 Å². The number of benzene rings is 1. The molecule has 160 valence electrons. The largest absolute Gasteiger partial charge is 0.462 e. The highest BCUT2D eigenvalue weighted by molar-refractivity contribution is 6.03. The third kappa shape index (κ3) is 6.87. The van der Waals surface area contributed by atoms with E-state index in [0.717, 1.165) is 18.4 Å². The van der Waals surface area contributed by atoms with E-state index in [9.17, 15) is 9.59 Å². The molecule has 0 aromatic heterocycles. The summed E-state index contributed by atoms with van der Waals surface area (Å²) in [7, 11) is 0. The number of carbonyl (C=O) groups excluding carboxylic acids is 2. The zero-order valence-corrected chi connectivity index (χ0v) is 17.9. The molecule has 4 heteroatoms. The van der Waals surface area contributed by atoms with Crippen LogP contribution in [-0.4, -0.2) is 25.2 Å². The van der Waals surface area contributed by atoms with Gasteiger partial charge in [0.15, 0.2) is 0 Å². The van der Waals surface area contributed by atoms with Crippen LogP contribution in [0.1, 0.15) is 103 Å². The number of hydrogen-bond donors (Lipinski definition) is 0. The minimum atomic E-state index is -0.417. The Kier molecular flexibility index (Phi) is 8.57. The van der Waals surface area contributed by atoms with Gasteiger partial charge in [0, 0.05) is 0 Å². The normalized spacial score (nSPS) is 18.4. The van der Waals surface area contributed by atoms with E-state index in [2.05, 4.69) is 0 Å². The first-order valence-corrected chi connectivity index (χ1v) is 11.6. The molecule has 0 unspecified atom stereocenters. The maximum Gasteiger partial charge on any atom is 0.339 e. The van der Waals surface area contributed by atoms with Crippen molar-refractivity contribution in [1.82, 2.24) is 0 Å². The van der Waals surface area contributed by atoms with Crippen molar-refractivity contribution in [2.75, 3.05) is 13.2 Å². The predicted octanol–water partition coefficient (Wildman–Crippen LogP) is 6.25. The molecule has 0 amide bonds. The quantitative estimate of drug-likeness (QED) is 0.484. The van der Waals surface area contributed by atoms with E-state index in [0.29, 0.717) is 36.2 Å². The van der Waals surface area contributed by atoms with Crippen LogP contribution in [0.5, 0.6) is 0 Å². The lowest BCUT2D eigenvalue weighted by molar-refractivity contribution is 0.0427. The third-order valence-electron chi connectivity index (χ3n) is 6.58. The fourth-order valence-corrected chi connectivity index (χ4v) is 4.75. The first kappa shape index (κ1) is 21.9. The molecule has 2 saturated carbocycles. The molecule has 0 saturated heterocycles. The van der Waals surface area contributed by atoms with Crippen LogP contribution in [0.25, 0.3) is 0 Å². The number of esters is 2. The van der Waals surface area contributed by atoms with Gasteiger partial charge >= 0.3 is 11.9 Å². The van der Waals surface area contributed by atoms with Gasteiger partial charge in [-0.15, -0.1) is 0 Å². The summed E-state index contributed by atoms with van der Waals surface area (Å²) in [5, 5.41) is 0. The second-order valence-electron chi connectivity index (χ2n) is 8.91. The lowest BCUT2D eigenvalue weighted by Crippen LogP contribution is -2.17. The van der Waals surface area contributed by atoms with Gasteiger partial charge in [-0.1, -0.05) is 75.8 Å². The average Bonchev–Trinajstić information content (AvgIpc) is 2.75. The highest BCUT2D eigenvalue weighted by Crippen LogP contribution is 2.27. The summed E-state index contributed by atoms with van der Waals surface area (Å²) in [6.07, 6.45) is 14.6. The maximum absolute atomic E-state index is 12.7. The molecular formula is C25H36O4. The van der Waals surface area contributed by atoms with E-state index >= 15 is 0 Å². The molecule has 0 heterocycles. The minimum absolute atomic E-state index is 0.321. The first-order chi connectivity index (χ1) is 14.1. The summed E-state index contributed by atoms with van der Waals surface area (Å²) >= 11 is 0. The van der Waals surface area contributed by atoms with E-state index in [4.69, 9.17) is 9.47 Å². The van der Waals surface area contributed by atoms with Crippen LogP contribution in [0.15, 0.2) is 18.2 Å². The molecule has 0 atom stereocenters. The summed E-state index contributed by atoms with van der Waals surface area (Å²) in [5.41, 5.74) is 1.58. The summed E-state index contributed by atoms with van der Waals surface area (Å²) in [6.45, 7) is 2.76. The van der Waals surface area contributed by atoms with Gasteiger partial charge in [-0.25, -0.2) is 9.59 Å². The van der Waals surface area contributed by atoms with E-state index < -0.39 is 11.9 Å². The van der Waals surface area contributed by atoms with Crippen LogP contribution < -0.4 is 0 Å². The lowest BCUT2D eigenvalue weighted by Gasteiger charge is -2.21. The molecule has 0 bridgehead atoms. The van der Waals surface area contributed by atoms with E-state index in [-0.39, 0.29) is 0 Å². The van der Waals surface area contributed by atoms with Gasteiger partial charge in [0.05, 0.1) is 24.3 Å². The summed E-state index contributed by atoms with van der Waals surface area (Å²) < 4.78 is 11.0. The average molecular weight is 401 g/mol. The van der Waals surface area contributed by atoms with Crippen LogP contribution in [-0.2, 0) is 9.47 Å². The van der Waals surface area contributed by atoms with Crippen LogP contribution >= 0.6 is 0 Å². The zero-order valence-electron chi connectivity index (χ0n) is 17.9. The Morgan fingerprint density at radius 3 is 1.76 bits per heavy atom. The second kappa shape index (κ2) is 11.4. The number of rotatable bonds is 8. The fraction of sp³-hybridized carbons (Fsp3) is 0.680. The van der Waals surface area contributed by atoms with Crippen molar-refractivity contribution in [3.05, 3.63) is 34.9 Å². The second-order valence-corrected chi connectivity index (χ2v) is 8.91. The Balaban J connectivity index is 1.51. The molecule has 2 fully saturated rings. The van der Waals surface area contributed by atoms with Gasteiger partial charge in [-0.3, -0.25) is 0 Å². The Hall–Kier alpha value is -1.84. The van der Waals surface area contributed by atoms with Gasteiger partial charge < -0.3 is 9.47 Å². The Morgan fingerprint density at radius 1 is 0.759 bits per heavy atom. The Labute approximate surface area is 175 Å². The first-order valence-electron chi connectivity index (χ1n) is 11.6. The molecule has 0 radical (unpaired) electrons. The monoisotopic (exact) mass is 400 g/mol. The minimum Gasteiger partial charge on any atom is -0.462 e. The molecule has 0 aliphatic heterocycles. The molecule has 1 aromatic carbocycles. The number of hydrogen-bond acceptors (Lipinski definition) is 4. The molecule has 2 aliphatic rings.